The summed E-state index contributed by atoms with van der Waals surface area (Å²) in [5.41, 5.74) is 0. The van der Waals surface area contributed by atoms with Crippen LogP contribution in [0.3, 0.4) is 0 Å². The summed E-state index contributed by atoms with van der Waals surface area (Å²) in [5, 5.41) is 6.87. The van der Waals surface area contributed by atoms with E-state index in [0.29, 0.717) is 12.1 Å². The number of hydrogen-bond acceptors (Lipinski definition) is 3. The van der Waals surface area contributed by atoms with Gasteiger partial charge in [-0.25, -0.2) is 0 Å². The van der Waals surface area contributed by atoms with Gasteiger partial charge in [0.15, 0.2) is 5.96 Å². The van der Waals surface area contributed by atoms with Gasteiger partial charge in [0.05, 0.1) is 0 Å². The molecule has 0 bridgehead atoms. The standard InChI is InChI=1S/C19H41N5.HI/c1-7-20-19(22-12-15-24(16(2)3)17(4)5)21-11-8-18-9-13-23(6)14-10-18;/h16-18H,7-15H2,1-6H3,(H2,20,21,22);1H. The van der Waals surface area contributed by atoms with Crippen molar-refractivity contribution in [2.75, 3.05) is 46.3 Å². The minimum absolute atomic E-state index is 0. The predicted octanol–water partition coefficient (Wildman–Crippen LogP) is 3.01. The number of rotatable bonds is 9. The quantitative estimate of drug-likeness (QED) is 0.311. The molecule has 0 spiro atoms. The molecule has 6 heteroatoms. The highest BCUT2D eigenvalue weighted by Gasteiger charge is 2.16. The van der Waals surface area contributed by atoms with Crippen LogP contribution < -0.4 is 10.6 Å². The van der Waals surface area contributed by atoms with Crippen molar-refractivity contribution in [2.45, 2.75) is 66.0 Å². The minimum Gasteiger partial charge on any atom is -0.357 e. The Kier molecular flexibility index (Phi) is 14.0. The number of hydrogen-bond donors (Lipinski definition) is 2. The van der Waals surface area contributed by atoms with Crippen LogP contribution in [0.1, 0.15) is 53.9 Å². The number of piperidine rings is 1. The molecule has 150 valence electrons. The van der Waals surface area contributed by atoms with Crippen LogP contribution in [-0.2, 0) is 0 Å². The first-order valence-electron chi connectivity index (χ1n) is 9.90. The molecule has 1 aliphatic rings. The van der Waals surface area contributed by atoms with Crippen molar-refractivity contribution in [3.8, 4) is 0 Å². The van der Waals surface area contributed by atoms with Crippen molar-refractivity contribution < 1.29 is 0 Å². The second-order valence-electron chi connectivity index (χ2n) is 7.65. The highest BCUT2D eigenvalue weighted by atomic mass is 127. The molecule has 0 aromatic rings. The van der Waals surface area contributed by atoms with Crippen molar-refractivity contribution in [1.29, 1.82) is 0 Å². The molecule has 0 saturated carbocycles. The van der Waals surface area contributed by atoms with Crippen LogP contribution in [0, 0.1) is 5.92 Å². The molecule has 1 fully saturated rings. The molecule has 0 aromatic carbocycles. The van der Waals surface area contributed by atoms with Gasteiger partial charge in [0, 0.05) is 38.3 Å². The van der Waals surface area contributed by atoms with E-state index >= 15 is 0 Å². The Bertz CT molecular complexity index is 344. The molecule has 0 unspecified atom stereocenters. The van der Waals surface area contributed by atoms with Crippen molar-refractivity contribution in [2.24, 2.45) is 10.9 Å². The second kappa shape index (κ2) is 14.0. The van der Waals surface area contributed by atoms with Crippen molar-refractivity contribution in [3.63, 3.8) is 0 Å². The Morgan fingerprint density at radius 2 is 1.72 bits per heavy atom. The lowest BCUT2D eigenvalue weighted by Crippen LogP contribution is -2.45. The van der Waals surface area contributed by atoms with E-state index in [1.807, 2.05) is 0 Å². The van der Waals surface area contributed by atoms with E-state index in [1.54, 1.807) is 0 Å². The normalized spacial score (nSPS) is 17.2. The van der Waals surface area contributed by atoms with E-state index in [0.717, 1.165) is 38.1 Å². The van der Waals surface area contributed by atoms with Gasteiger partial charge in [0.25, 0.3) is 0 Å². The highest BCUT2D eigenvalue weighted by Crippen LogP contribution is 2.19. The molecule has 2 N–H and O–H groups in total. The lowest BCUT2D eigenvalue weighted by Gasteiger charge is -2.30. The number of guanidine groups is 1. The van der Waals surface area contributed by atoms with Crippen LogP contribution >= 0.6 is 24.0 Å². The highest BCUT2D eigenvalue weighted by molar-refractivity contribution is 14.0. The summed E-state index contributed by atoms with van der Waals surface area (Å²) in [6.45, 7) is 17.5. The third-order valence-electron chi connectivity index (χ3n) is 4.98. The Balaban J connectivity index is 0.00000576. The topological polar surface area (TPSA) is 42.9 Å². The largest absolute Gasteiger partial charge is 0.357 e. The van der Waals surface area contributed by atoms with E-state index in [2.05, 4.69) is 62.1 Å². The van der Waals surface area contributed by atoms with E-state index in [4.69, 9.17) is 4.99 Å². The van der Waals surface area contributed by atoms with Gasteiger partial charge in [-0.15, -0.1) is 24.0 Å². The number of aliphatic imine (C=N–C) groups is 1. The second-order valence-corrected chi connectivity index (χ2v) is 7.65. The number of nitrogens with zero attached hydrogens (tertiary/aromatic N) is 3. The summed E-state index contributed by atoms with van der Waals surface area (Å²) >= 11 is 0. The van der Waals surface area contributed by atoms with Crippen LogP contribution in [0.25, 0.3) is 0 Å². The lowest BCUT2D eigenvalue weighted by molar-refractivity contribution is 0.178. The molecule has 0 atom stereocenters. The fourth-order valence-corrected chi connectivity index (χ4v) is 3.47. The zero-order valence-corrected chi connectivity index (χ0v) is 19.7. The molecule has 1 rings (SSSR count). The molecule has 0 amide bonds. The van der Waals surface area contributed by atoms with Crippen molar-refractivity contribution in [1.82, 2.24) is 20.4 Å². The van der Waals surface area contributed by atoms with Crippen molar-refractivity contribution >= 4 is 29.9 Å². The van der Waals surface area contributed by atoms with Gasteiger partial charge in [-0.3, -0.25) is 9.89 Å². The summed E-state index contributed by atoms with van der Waals surface area (Å²) in [4.78, 5) is 9.72. The first kappa shape index (κ1) is 24.9. The van der Waals surface area contributed by atoms with Gasteiger partial charge in [-0.05, 0) is 79.9 Å². The van der Waals surface area contributed by atoms with Gasteiger partial charge in [0.2, 0.25) is 0 Å². The maximum Gasteiger partial charge on any atom is 0.191 e. The van der Waals surface area contributed by atoms with Crippen molar-refractivity contribution in [3.05, 3.63) is 0 Å². The molecule has 0 radical (unpaired) electrons. The fraction of sp³-hybridized carbons (Fsp3) is 0.947. The summed E-state index contributed by atoms with van der Waals surface area (Å²) in [6, 6.07) is 1.16. The number of nitrogens with one attached hydrogen (secondary N) is 2. The van der Waals surface area contributed by atoms with E-state index in [1.165, 1.54) is 32.4 Å². The van der Waals surface area contributed by atoms with E-state index in [-0.39, 0.29) is 24.0 Å². The molecule has 25 heavy (non-hydrogen) atoms. The zero-order valence-electron chi connectivity index (χ0n) is 17.3. The average Bonchev–Trinajstić information content (AvgIpc) is 2.52. The summed E-state index contributed by atoms with van der Waals surface area (Å²) in [5.74, 6) is 1.82. The van der Waals surface area contributed by atoms with Crippen LogP contribution in [0.5, 0.6) is 0 Å². The molecular weight excluding hydrogens is 425 g/mol. The molecule has 1 aliphatic heterocycles. The maximum atomic E-state index is 4.78. The summed E-state index contributed by atoms with van der Waals surface area (Å²) in [6.07, 6.45) is 3.87. The Morgan fingerprint density at radius 3 is 2.24 bits per heavy atom. The van der Waals surface area contributed by atoms with Crippen LogP contribution in [0.15, 0.2) is 4.99 Å². The van der Waals surface area contributed by atoms with Crippen LogP contribution in [0.2, 0.25) is 0 Å². The zero-order chi connectivity index (χ0) is 17.9. The van der Waals surface area contributed by atoms with Gasteiger partial charge in [-0.2, -0.15) is 0 Å². The first-order chi connectivity index (χ1) is 11.4. The predicted molar refractivity (Wildman–Crippen MR) is 121 cm³/mol. The third kappa shape index (κ3) is 10.6. The first-order valence-corrected chi connectivity index (χ1v) is 9.90. The lowest BCUT2D eigenvalue weighted by atomic mass is 9.94. The molecule has 1 heterocycles. The molecule has 5 nitrogen and oxygen atoms in total. The number of halogens is 1. The van der Waals surface area contributed by atoms with E-state index in [9.17, 15) is 0 Å². The Hall–Kier alpha value is -0.0800. The fourth-order valence-electron chi connectivity index (χ4n) is 3.47. The molecule has 0 aliphatic carbocycles. The van der Waals surface area contributed by atoms with Gasteiger partial charge < -0.3 is 15.5 Å². The minimum atomic E-state index is 0. The van der Waals surface area contributed by atoms with E-state index < -0.39 is 0 Å². The Labute approximate surface area is 173 Å². The monoisotopic (exact) mass is 467 g/mol. The summed E-state index contributed by atoms with van der Waals surface area (Å²) in [7, 11) is 2.22. The van der Waals surface area contributed by atoms with Gasteiger partial charge in [-0.1, -0.05) is 0 Å². The Morgan fingerprint density at radius 1 is 1.12 bits per heavy atom. The number of likely N-dealkylation sites (tertiary alicyclic amines) is 1. The maximum absolute atomic E-state index is 4.78. The van der Waals surface area contributed by atoms with Crippen LogP contribution in [0.4, 0.5) is 0 Å². The molecular formula is C19H42IN5. The third-order valence-corrected chi connectivity index (χ3v) is 4.98. The molecule has 0 aromatic heterocycles. The molecule has 1 saturated heterocycles. The van der Waals surface area contributed by atoms with Crippen LogP contribution in [-0.4, -0.2) is 74.2 Å². The van der Waals surface area contributed by atoms with Gasteiger partial charge >= 0.3 is 0 Å². The average molecular weight is 467 g/mol. The smallest absolute Gasteiger partial charge is 0.191 e. The summed E-state index contributed by atoms with van der Waals surface area (Å²) < 4.78 is 0. The van der Waals surface area contributed by atoms with Gasteiger partial charge in [0.1, 0.15) is 0 Å². The SMILES string of the molecule is CCNC(=NCCC1CCN(C)CC1)NCCN(C(C)C)C(C)C.I.